The minimum Gasteiger partial charge on any atom is -0.481 e. The standard InChI is InChI=1S/C22H29FO5.C4H8O2/c1-12-8-16-15-5-4-13-9-14(25)6-7-19(13,2)21(15,23)17(26)10-20(16,3)22(12,28)18(27)11-24;1-2-3-4(5)6/h6-7,9,12,15-17,24,26,28H,4-5,8,10-11H2,1-3H3;2-3H2,1H3,(H,5,6)/t12-,15-,16-,17-,19-,20-,21-,22-;/m0./s1. The molecule has 0 heterocycles. The minimum absolute atomic E-state index is 0.0676. The van der Waals surface area contributed by atoms with Gasteiger partial charge < -0.3 is 20.4 Å². The average molecular weight is 481 g/mol. The van der Waals surface area contributed by atoms with E-state index in [2.05, 4.69) is 0 Å². The van der Waals surface area contributed by atoms with Gasteiger partial charge in [0.25, 0.3) is 0 Å². The number of rotatable bonds is 4. The number of carbonyl (C=O) groups is 3. The predicted molar refractivity (Wildman–Crippen MR) is 122 cm³/mol. The van der Waals surface area contributed by atoms with Crippen LogP contribution in [0.25, 0.3) is 0 Å². The van der Waals surface area contributed by atoms with Crippen LogP contribution in [0.4, 0.5) is 4.39 Å². The van der Waals surface area contributed by atoms with Gasteiger partial charge in [0.2, 0.25) is 0 Å². The van der Waals surface area contributed by atoms with E-state index in [1.165, 1.54) is 12.2 Å². The molecule has 4 aliphatic rings. The van der Waals surface area contributed by atoms with Gasteiger partial charge in [-0.25, -0.2) is 4.39 Å². The van der Waals surface area contributed by atoms with E-state index < -0.39 is 58.4 Å². The summed E-state index contributed by atoms with van der Waals surface area (Å²) in [6.45, 7) is 6.32. The summed E-state index contributed by atoms with van der Waals surface area (Å²) in [7, 11) is 0. The van der Waals surface area contributed by atoms with E-state index in [9.17, 15) is 29.7 Å². The summed E-state index contributed by atoms with van der Waals surface area (Å²) in [5.41, 5.74) is -5.17. The molecular formula is C26H37FO7. The largest absolute Gasteiger partial charge is 0.481 e. The van der Waals surface area contributed by atoms with Crippen molar-refractivity contribution in [3.8, 4) is 0 Å². The molecule has 0 saturated heterocycles. The fraction of sp³-hybridized carbons (Fsp3) is 0.731. The van der Waals surface area contributed by atoms with Crippen LogP contribution < -0.4 is 0 Å². The molecule has 34 heavy (non-hydrogen) atoms. The molecule has 4 aliphatic carbocycles. The number of allylic oxidation sites excluding steroid dienone is 4. The molecule has 8 heteroatoms. The summed E-state index contributed by atoms with van der Waals surface area (Å²) in [5, 5.41) is 39.9. The van der Waals surface area contributed by atoms with E-state index in [1.54, 1.807) is 26.8 Å². The number of aliphatic hydroxyl groups is 3. The maximum absolute atomic E-state index is 16.9. The highest BCUT2D eigenvalue weighted by Gasteiger charge is 2.75. The molecule has 0 aromatic carbocycles. The molecule has 3 saturated carbocycles. The first-order valence-corrected chi connectivity index (χ1v) is 12.1. The number of aliphatic hydroxyl groups excluding tert-OH is 2. The summed E-state index contributed by atoms with van der Waals surface area (Å²) in [6, 6.07) is 0. The van der Waals surface area contributed by atoms with Gasteiger partial charge in [-0.05, 0) is 63.0 Å². The Morgan fingerprint density at radius 1 is 1.24 bits per heavy atom. The second-order valence-corrected chi connectivity index (χ2v) is 10.9. The number of carbonyl (C=O) groups excluding carboxylic acids is 2. The molecular weight excluding hydrogens is 443 g/mol. The van der Waals surface area contributed by atoms with Crippen LogP contribution in [0.3, 0.4) is 0 Å². The van der Waals surface area contributed by atoms with Crippen molar-refractivity contribution in [3.63, 3.8) is 0 Å². The third kappa shape index (κ3) is 3.52. The molecule has 0 aromatic heterocycles. The first-order chi connectivity index (χ1) is 15.7. The number of halogens is 1. The van der Waals surface area contributed by atoms with Crippen LogP contribution in [0.15, 0.2) is 23.8 Å². The first-order valence-electron chi connectivity index (χ1n) is 12.1. The number of carboxylic acid groups (broad SMARTS) is 1. The lowest BCUT2D eigenvalue weighted by atomic mass is 9.44. The second-order valence-electron chi connectivity index (χ2n) is 10.9. The zero-order valence-electron chi connectivity index (χ0n) is 20.4. The van der Waals surface area contributed by atoms with E-state index in [-0.39, 0.29) is 18.1 Å². The highest BCUT2D eigenvalue weighted by Crippen LogP contribution is 2.70. The molecule has 0 aromatic rings. The quantitative estimate of drug-likeness (QED) is 0.486. The first kappa shape index (κ1) is 26.7. The zero-order valence-corrected chi connectivity index (χ0v) is 20.4. The van der Waals surface area contributed by atoms with Gasteiger partial charge in [-0.3, -0.25) is 14.4 Å². The SMILES string of the molecule is CCCC(=O)O.C[C@H]1C[C@H]2[C@@H]3CCC4=CC(=O)C=C[C@]4(C)[C@@]3(F)[C@@H](O)C[C@]2(C)[C@@]1(O)C(=O)CO. The number of alkyl halides is 1. The Labute approximate surface area is 199 Å². The Bertz CT molecular complexity index is 928. The minimum atomic E-state index is -1.98. The van der Waals surface area contributed by atoms with Gasteiger partial charge in [0.15, 0.2) is 17.2 Å². The van der Waals surface area contributed by atoms with Crippen LogP contribution in [0.1, 0.15) is 66.2 Å². The van der Waals surface area contributed by atoms with Crippen molar-refractivity contribution in [2.75, 3.05) is 6.61 Å². The molecule has 190 valence electrons. The van der Waals surface area contributed by atoms with E-state index in [4.69, 9.17) is 5.11 Å². The Morgan fingerprint density at radius 2 is 1.88 bits per heavy atom. The third-order valence-corrected chi connectivity index (χ3v) is 9.26. The van der Waals surface area contributed by atoms with Gasteiger partial charge >= 0.3 is 5.97 Å². The highest BCUT2D eigenvalue weighted by atomic mass is 19.1. The number of hydrogen-bond acceptors (Lipinski definition) is 6. The zero-order chi connectivity index (χ0) is 25.7. The Kier molecular flexibility index (Phi) is 7.03. The summed E-state index contributed by atoms with van der Waals surface area (Å²) in [6.07, 6.45) is 5.46. The predicted octanol–water partition coefficient (Wildman–Crippen LogP) is 2.77. The fourth-order valence-electron chi connectivity index (χ4n) is 7.47. The number of fused-ring (bicyclic) bond motifs is 5. The molecule has 0 bridgehead atoms. The van der Waals surface area contributed by atoms with E-state index in [1.807, 2.05) is 6.92 Å². The summed E-state index contributed by atoms with van der Waals surface area (Å²) in [5.74, 6) is -2.83. The summed E-state index contributed by atoms with van der Waals surface area (Å²) < 4.78 is 16.9. The van der Waals surface area contributed by atoms with Crippen LogP contribution in [-0.4, -0.2) is 61.9 Å². The summed E-state index contributed by atoms with van der Waals surface area (Å²) in [4.78, 5) is 34.0. The van der Waals surface area contributed by atoms with Gasteiger partial charge in [0.05, 0.1) is 6.10 Å². The van der Waals surface area contributed by atoms with Gasteiger partial charge in [-0.15, -0.1) is 0 Å². The van der Waals surface area contributed by atoms with Gasteiger partial charge in [0.1, 0.15) is 12.2 Å². The smallest absolute Gasteiger partial charge is 0.303 e. The van der Waals surface area contributed by atoms with Crippen molar-refractivity contribution >= 4 is 17.5 Å². The van der Waals surface area contributed by atoms with E-state index in [0.29, 0.717) is 31.3 Å². The van der Waals surface area contributed by atoms with Crippen molar-refractivity contribution in [2.24, 2.45) is 28.6 Å². The van der Waals surface area contributed by atoms with Crippen molar-refractivity contribution in [1.82, 2.24) is 0 Å². The number of aliphatic carboxylic acids is 1. The summed E-state index contributed by atoms with van der Waals surface area (Å²) >= 11 is 0. The maximum atomic E-state index is 16.9. The van der Waals surface area contributed by atoms with E-state index in [0.717, 1.165) is 6.42 Å². The molecule has 4 N–H and O–H groups in total. The maximum Gasteiger partial charge on any atom is 0.303 e. The Morgan fingerprint density at radius 3 is 2.41 bits per heavy atom. The molecule has 4 rings (SSSR count). The number of Topliss-reactive ketones (excluding diaryl/α,β-unsaturated/α-hetero) is 1. The lowest BCUT2D eigenvalue weighted by Gasteiger charge is -2.62. The third-order valence-electron chi connectivity index (χ3n) is 9.26. The highest BCUT2D eigenvalue weighted by molar-refractivity contribution is 6.01. The van der Waals surface area contributed by atoms with Crippen LogP contribution in [0, 0.1) is 28.6 Å². The molecule has 0 unspecified atom stereocenters. The van der Waals surface area contributed by atoms with Crippen LogP contribution >= 0.6 is 0 Å². The lowest BCUT2D eigenvalue weighted by molar-refractivity contribution is -0.219. The van der Waals surface area contributed by atoms with Gasteiger partial charge in [0, 0.05) is 23.2 Å². The average Bonchev–Trinajstić information content (AvgIpc) is 2.96. The monoisotopic (exact) mass is 480 g/mol. The molecule has 0 aliphatic heterocycles. The Hall–Kier alpha value is -1.90. The van der Waals surface area contributed by atoms with Crippen LogP contribution in [-0.2, 0) is 14.4 Å². The van der Waals surface area contributed by atoms with Crippen LogP contribution in [0.2, 0.25) is 0 Å². The normalized spacial score (nSPS) is 44.7. The fourth-order valence-corrected chi connectivity index (χ4v) is 7.47. The molecule has 3 fully saturated rings. The van der Waals surface area contributed by atoms with Crippen molar-refractivity contribution in [1.29, 1.82) is 0 Å². The van der Waals surface area contributed by atoms with Crippen molar-refractivity contribution in [2.45, 2.75) is 83.6 Å². The Balaban J connectivity index is 0.000000481. The van der Waals surface area contributed by atoms with Gasteiger partial charge in [-0.1, -0.05) is 32.4 Å². The number of hydrogen-bond donors (Lipinski definition) is 4. The topological polar surface area (TPSA) is 132 Å². The molecule has 7 nitrogen and oxygen atoms in total. The lowest BCUT2D eigenvalue weighted by Crippen LogP contribution is -2.69. The molecule has 0 radical (unpaired) electrons. The van der Waals surface area contributed by atoms with E-state index >= 15 is 4.39 Å². The van der Waals surface area contributed by atoms with Crippen LogP contribution in [0.5, 0.6) is 0 Å². The van der Waals surface area contributed by atoms with Crippen molar-refractivity contribution in [3.05, 3.63) is 23.8 Å². The van der Waals surface area contributed by atoms with Gasteiger partial charge in [-0.2, -0.15) is 0 Å². The number of ketones is 2. The molecule has 0 spiro atoms. The van der Waals surface area contributed by atoms with Crippen molar-refractivity contribution < 1.29 is 39.2 Å². The second kappa shape index (κ2) is 8.95. The molecule has 0 amide bonds. The number of carboxylic acids is 1. The molecule has 8 atom stereocenters.